The molecule has 11 heteroatoms. The molecule has 0 aromatic carbocycles. The minimum Gasteiger partial charge on any atom is -0.756 e. The van der Waals surface area contributed by atoms with Crippen LogP contribution in [0.25, 0.3) is 0 Å². The Balaban J connectivity index is 4.61. The second-order valence-corrected chi connectivity index (χ2v) is 17.1. The first-order valence-corrected chi connectivity index (χ1v) is 23.7. The number of rotatable bonds is 39. The fourth-order valence-electron chi connectivity index (χ4n) is 5.32. The van der Waals surface area contributed by atoms with E-state index in [4.69, 9.17) is 18.5 Å². The van der Waals surface area contributed by atoms with E-state index in [0.717, 1.165) is 64.2 Å². The van der Waals surface area contributed by atoms with Gasteiger partial charge in [0.25, 0.3) is 7.82 Å². The van der Waals surface area contributed by atoms with Crippen molar-refractivity contribution in [3.8, 4) is 0 Å². The Hall–Kier alpha value is -3.14. The number of phosphoric ester groups is 1. The van der Waals surface area contributed by atoms with E-state index in [1.54, 1.807) is 6.08 Å². The molecule has 2 atom stereocenters. The Bertz CT molecular complexity index is 1340. The summed E-state index contributed by atoms with van der Waals surface area (Å²) in [6.07, 6.45) is 46.1. The second kappa shape index (κ2) is 39.0. The molecule has 0 amide bonds. The van der Waals surface area contributed by atoms with Crippen LogP contribution in [-0.4, -0.2) is 75.8 Å². The van der Waals surface area contributed by atoms with Crippen molar-refractivity contribution in [2.24, 2.45) is 0 Å². The molecular formula is C48H80NO9P. The lowest BCUT2D eigenvalue weighted by molar-refractivity contribution is -0.870. The second-order valence-electron chi connectivity index (χ2n) is 15.7. The molecule has 0 radical (unpaired) electrons. The predicted molar refractivity (Wildman–Crippen MR) is 241 cm³/mol. The molecule has 0 spiro atoms. The van der Waals surface area contributed by atoms with Crippen LogP contribution < -0.4 is 4.89 Å². The van der Waals surface area contributed by atoms with Gasteiger partial charge in [0, 0.05) is 19.3 Å². The number of phosphoric acid groups is 1. The van der Waals surface area contributed by atoms with Gasteiger partial charge in [-0.1, -0.05) is 131 Å². The molecule has 1 unspecified atom stereocenters. The van der Waals surface area contributed by atoms with Crippen molar-refractivity contribution in [3.05, 3.63) is 85.1 Å². The molecule has 0 fully saturated rings. The molecule has 0 aliphatic heterocycles. The zero-order valence-electron chi connectivity index (χ0n) is 37.4. The van der Waals surface area contributed by atoms with Crippen LogP contribution in [0.2, 0.25) is 0 Å². The Labute approximate surface area is 358 Å². The molecular weight excluding hydrogens is 765 g/mol. The molecule has 0 rings (SSSR count). The van der Waals surface area contributed by atoms with Gasteiger partial charge in [-0.2, -0.15) is 0 Å². The number of nitrogens with zero attached hydrogens (tertiary/aromatic N) is 1. The van der Waals surface area contributed by atoms with E-state index in [1.165, 1.54) is 44.6 Å². The van der Waals surface area contributed by atoms with Gasteiger partial charge in [-0.25, -0.2) is 0 Å². The molecule has 0 saturated carbocycles. The first-order valence-electron chi connectivity index (χ1n) is 22.2. The zero-order chi connectivity index (χ0) is 43.7. The fourth-order valence-corrected chi connectivity index (χ4v) is 6.05. The number of quaternary nitrogens is 1. The number of esters is 2. The van der Waals surface area contributed by atoms with Gasteiger partial charge in [0.15, 0.2) is 11.9 Å². The van der Waals surface area contributed by atoms with Crippen LogP contribution in [0.15, 0.2) is 85.1 Å². The summed E-state index contributed by atoms with van der Waals surface area (Å²) in [6, 6.07) is 0. The molecule has 10 nitrogen and oxygen atoms in total. The molecule has 0 heterocycles. The van der Waals surface area contributed by atoms with Crippen LogP contribution in [0, 0.1) is 0 Å². The summed E-state index contributed by atoms with van der Waals surface area (Å²) in [7, 11) is 1.01. The van der Waals surface area contributed by atoms with E-state index in [1.807, 2.05) is 33.3 Å². The highest BCUT2D eigenvalue weighted by Gasteiger charge is 2.21. The molecule has 59 heavy (non-hydrogen) atoms. The first-order chi connectivity index (χ1) is 28.4. The third-order valence-electron chi connectivity index (χ3n) is 8.86. The number of ketones is 1. The highest BCUT2D eigenvalue weighted by Crippen LogP contribution is 2.38. The van der Waals surface area contributed by atoms with Gasteiger partial charge in [0.05, 0.1) is 27.7 Å². The van der Waals surface area contributed by atoms with Crippen molar-refractivity contribution >= 4 is 25.5 Å². The number of likely N-dealkylation sites (N-methyl/N-ethyl adjacent to an activating group) is 1. The quantitative estimate of drug-likeness (QED) is 0.0113. The largest absolute Gasteiger partial charge is 0.756 e. The lowest BCUT2D eigenvalue weighted by Gasteiger charge is -2.28. The van der Waals surface area contributed by atoms with E-state index >= 15 is 0 Å². The number of carbonyl (C=O) groups is 3. The van der Waals surface area contributed by atoms with Crippen molar-refractivity contribution in [1.82, 2.24) is 0 Å². The van der Waals surface area contributed by atoms with Crippen molar-refractivity contribution in [3.63, 3.8) is 0 Å². The van der Waals surface area contributed by atoms with Crippen LogP contribution >= 0.6 is 7.82 Å². The molecule has 0 aliphatic rings. The number of hydrogen-bond acceptors (Lipinski definition) is 9. The average molecular weight is 846 g/mol. The van der Waals surface area contributed by atoms with Crippen LogP contribution in [0.5, 0.6) is 0 Å². The smallest absolute Gasteiger partial charge is 0.306 e. The van der Waals surface area contributed by atoms with E-state index in [2.05, 4.69) is 74.6 Å². The summed E-state index contributed by atoms with van der Waals surface area (Å²) in [5.41, 5.74) is 0. The van der Waals surface area contributed by atoms with Crippen molar-refractivity contribution in [1.29, 1.82) is 0 Å². The summed E-state index contributed by atoms with van der Waals surface area (Å²) in [5, 5.41) is 0. The molecule has 0 N–H and O–H groups in total. The summed E-state index contributed by atoms with van der Waals surface area (Å²) in [5.74, 6) is -1.24. The van der Waals surface area contributed by atoms with Crippen LogP contribution in [-0.2, 0) is 37.5 Å². The monoisotopic (exact) mass is 846 g/mol. The van der Waals surface area contributed by atoms with Crippen molar-refractivity contribution in [2.75, 3.05) is 47.5 Å². The van der Waals surface area contributed by atoms with E-state index < -0.39 is 32.5 Å². The summed E-state index contributed by atoms with van der Waals surface area (Å²) in [4.78, 5) is 49.8. The summed E-state index contributed by atoms with van der Waals surface area (Å²) >= 11 is 0. The number of allylic oxidation sites excluding steroid dienone is 14. The van der Waals surface area contributed by atoms with Gasteiger partial charge in [-0.3, -0.25) is 18.9 Å². The molecule has 0 aliphatic carbocycles. The minimum absolute atomic E-state index is 0.0221. The van der Waals surface area contributed by atoms with Crippen LogP contribution in [0.3, 0.4) is 0 Å². The Kier molecular flexibility index (Phi) is 36.9. The fraction of sp³-hybridized carbons (Fsp3) is 0.646. The topological polar surface area (TPSA) is 128 Å². The maximum atomic E-state index is 12.7. The normalized spacial score (nSPS) is 14.3. The Morgan fingerprint density at radius 3 is 1.64 bits per heavy atom. The molecule has 0 bridgehead atoms. The lowest BCUT2D eigenvalue weighted by atomic mass is 10.1. The van der Waals surface area contributed by atoms with Gasteiger partial charge >= 0.3 is 11.9 Å². The minimum atomic E-state index is -4.69. The number of unbranched alkanes of at least 4 members (excludes halogenated alkanes) is 10. The third-order valence-corrected chi connectivity index (χ3v) is 9.83. The first kappa shape index (κ1) is 55.9. The highest BCUT2D eigenvalue weighted by molar-refractivity contribution is 7.45. The van der Waals surface area contributed by atoms with E-state index in [-0.39, 0.29) is 44.7 Å². The summed E-state index contributed by atoms with van der Waals surface area (Å²) < 4.78 is 33.6. The van der Waals surface area contributed by atoms with Gasteiger partial charge < -0.3 is 27.9 Å². The van der Waals surface area contributed by atoms with Crippen LogP contribution in [0.1, 0.15) is 149 Å². The van der Waals surface area contributed by atoms with E-state index in [0.29, 0.717) is 17.4 Å². The Morgan fingerprint density at radius 2 is 1.08 bits per heavy atom. The molecule has 336 valence electrons. The maximum absolute atomic E-state index is 12.7. The van der Waals surface area contributed by atoms with E-state index in [9.17, 15) is 23.8 Å². The van der Waals surface area contributed by atoms with Crippen molar-refractivity contribution in [2.45, 2.75) is 155 Å². The lowest BCUT2D eigenvalue weighted by Crippen LogP contribution is -2.37. The number of ether oxygens (including phenoxy) is 2. The van der Waals surface area contributed by atoms with Gasteiger partial charge in [-0.05, 0) is 83.1 Å². The van der Waals surface area contributed by atoms with Crippen molar-refractivity contribution < 1.29 is 46.8 Å². The highest BCUT2D eigenvalue weighted by atomic mass is 31.2. The molecule has 0 aromatic rings. The number of carbonyl (C=O) groups excluding carboxylic acids is 3. The van der Waals surface area contributed by atoms with Gasteiger partial charge in [0.1, 0.15) is 19.8 Å². The maximum Gasteiger partial charge on any atom is 0.306 e. The zero-order valence-corrected chi connectivity index (χ0v) is 38.3. The predicted octanol–water partition coefficient (Wildman–Crippen LogP) is 11.3. The average Bonchev–Trinajstić information content (AvgIpc) is 3.18. The third kappa shape index (κ3) is 42.8. The Morgan fingerprint density at radius 1 is 0.576 bits per heavy atom. The molecule has 0 saturated heterocycles. The standard InChI is InChI=1S/C48H80NO9P/c1-6-8-10-12-14-16-18-20-21-22-23-25-27-29-31-33-35-39-48(52)58-46(44-57-59(53,54)56-42-41-49(3,4)5)43-55-47(51)40-36-38-45(50)37-34-32-30-28-26-24-19-17-15-13-11-9-7-2/h14-17,20-21,23-26,30,32,34,37,46H,6-13,18-19,22,27-29,31,33,35-36,38-44H2,1-5H3/b16-14-,17-15-,21-20-,25-23-,26-24-,32-30-,37-34+/t46-/m1/s1. The molecule has 0 aromatic heterocycles. The SMILES string of the molecule is CCCCC/C=C\C/C=C\C/C=C\C=C\C(=O)CCCC(=O)OC[C@H](COP(=O)([O-])OCC[N+](C)(C)C)OC(=O)CCCCCC/C=C\C/C=C\C/C=C\CCCCC. The van der Waals surface area contributed by atoms with Gasteiger partial charge in [0.2, 0.25) is 0 Å². The summed E-state index contributed by atoms with van der Waals surface area (Å²) in [6.45, 7) is 3.84. The van der Waals surface area contributed by atoms with Gasteiger partial charge in [-0.15, -0.1) is 0 Å². The number of hydrogen-bond donors (Lipinski definition) is 0. The van der Waals surface area contributed by atoms with Crippen LogP contribution in [0.4, 0.5) is 0 Å².